The monoisotopic (exact) mass is 235 g/mol. The van der Waals surface area contributed by atoms with Gasteiger partial charge in [0.2, 0.25) is 0 Å². The van der Waals surface area contributed by atoms with Gasteiger partial charge in [0.15, 0.2) is 11.5 Å². The van der Waals surface area contributed by atoms with E-state index in [4.69, 9.17) is 14.7 Å². The Labute approximate surface area is 99.1 Å². The molecule has 0 fully saturated rings. The molecule has 2 N–H and O–H groups in total. The lowest BCUT2D eigenvalue weighted by atomic mass is 10.3. The Morgan fingerprint density at radius 1 is 1.35 bits per heavy atom. The molecule has 0 aromatic heterocycles. The van der Waals surface area contributed by atoms with E-state index in [2.05, 4.69) is 10.6 Å². The van der Waals surface area contributed by atoms with Gasteiger partial charge in [0.05, 0.1) is 20.3 Å². The maximum Gasteiger partial charge on any atom is 0.320 e. The third kappa shape index (κ3) is 3.57. The Morgan fingerprint density at radius 2 is 2.06 bits per heavy atom. The van der Waals surface area contributed by atoms with E-state index >= 15 is 0 Å². The van der Waals surface area contributed by atoms with Crippen LogP contribution in [0.4, 0.5) is 10.5 Å². The summed E-state index contributed by atoms with van der Waals surface area (Å²) in [5.74, 6) is 1.10. The summed E-state index contributed by atoms with van der Waals surface area (Å²) in [6.45, 7) is -0.0425. The molecule has 1 aromatic rings. The predicted octanol–water partition coefficient (Wildman–Crippen LogP) is 1.35. The van der Waals surface area contributed by atoms with Crippen LogP contribution in [0.25, 0.3) is 0 Å². The molecule has 0 aliphatic heterocycles. The zero-order valence-corrected chi connectivity index (χ0v) is 9.61. The highest BCUT2D eigenvalue weighted by atomic mass is 16.5. The molecule has 90 valence electrons. The summed E-state index contributed by atoms with van der Waals surface area (Å²) in [5, 5.41) is 13.2. The third-order valence-electron chi connectivity index (χ3n) is 1.97. The number of anilines is 1. The van der Waals surface area contributed by atoms with Crippen LogP contribution in [0.2, 0.25) is 0 Å². The van der Waals surface area contributed by atoms with E-state index < -0.39 is 6.03 Å². The second-order valence-corrected chi connectivity index (χ2v) is 3.04. The molecule has 1 aromatic carbocycles. The van der Waals surface area contributed by atoms with Crippen LogP contribution in [-0.4, -0.2) is 26.8 Å². The van der Waals surface area contributed by atoms with Gasteiger partial charge >= 0.3 is 6.03 Å². The first-order valence-electron chi connectivity index (χ1n) is 4.85. The van der Waals surface area contributed by atoms with E-state index in [0.29, 0.717) is 17.2 Å². The van der Waals surface area contributed by atoms with Gasteiger partial charge in [-0.3, -0.25) is 0 Å². The van der Waals surface area contributed by atoms with E-state index in [9.17, 15) is 4.79 Å². The number of nitrogens with one attached hydrogen (secondary N) is 2. The summed E-state index contributed by atoms with van der Waals surface area (Å²) in [6, 6.07) is 6.35. The van der Waals surface area contributed by atoms with Crippen LogP contribution in [0.5, 0.6) is 11.5 Å². The summed E-state index contributed by atoms with van der Waals surface area (Å²) in [5.41, 5.74) is 0.554. The molecule has 0 unspecified atom stereocenters. The molecule has 0 heterocycles. The van der Waals surface area contributed by atoms with Gasteiger partial charge in [0.1, 0.15) is 6.54 Å². The molecule has 0 saturated heterocycles. The van der Waals surface area contributed by atoms with Gasteiger partial charge in [-0.1, -0.05) is 0 Å². The van der Waals surface area contributed by atoms with Crippen molar-refractivity contribution in [3.63, 3.8) is 0 Å². The average molecular weight is 235 g/mol. The first-order valence-corrected chi connectivity index (χ1v) is 4.85. The van der Waals surface area contributed by atoms with Crippen LogP contribution < -0.4 is 20.1 Å². The van der Waals surface area contributed by atoms with Crippen molar-refractivity contribution in [1.82, 2.24) is 5.32 Å². The highest BCUT2D eigenvalue weighted by Crippen LogP contribution is 2.29. The highest BCUT2D eigenvalue weighted by Gasteiger charge is 2.06. The van der Waals surface area contributed by atoms with Crippen molar-refractivity contribution in [2.75, 3.05) is 26.1 Å². The lowest BCUT2D eigenvalue weighted by Crippen LogP contribution is -2.28. The van der Waals surface area contributed by atoms with Crippen LogP contribution >= 0.6 is 0 Å². The fourth-order valence-electron chi connectivity index (χ4n) is 1.21. The zero-order valence-electron chi connectivity index (χ0n) is 9.61. The Hall–Kier alpha value is -2.42. The van der Waals surface area contributed by atoms with Gasteiger partial charge in [-0.15, -0.1) is 0 Å². The summed E-state index contributed by atoms with van der Waals surface area (Å²) < 4.78 is 10.2. The molecular weight excluding hydrogens is 222 g/mol. The summed E-state index contributed by atoms with van der Waals surface area (Å²) in [7, 11) is 3.04. The topological polar surface area (TPSA) is 83.4 Å². The fourth-order valence-corrected chi connectivity index (χ4v) is 1.21. The Morgan fingerprint density at radius 3 is 2.65 bits per heavy atom. The number of urea groups is 1. The third-order valence-corrected chi connectivity index (χ3v) is 1.97. The van der Waals surface area contributed by atoms with Gasteiger partial charge < -0.3 is 20.1 Å². The van der Waals surface area contributed by atoms with Crippen LogP contribution in [0, 0.1) is 11.3 Å². The van der Waals surface area contributed by atoms with Crippen LogP contribution in [-0.2, 0) is 0 Å². The van der Waals surface area contributed by atoms with Crippen LogP contribution in [0.1, 0.15) is 0 Å². The van der Waals surface area contributed by atoms with E-state index in [1.54, 1.807) is 18.2 Å². The largest absolute Gasteiger partial charge is 0.493 e. The number of benzene rings is 1. The van der Waals surface area contributed by atoms with Crippen molar-refractivity contribution in [2.45, 2.75) is 0 Å². The van der Waals surface area contributed by atoms with Gasteiger partial charge in [0.25, 0.3) is 0 Å². The quantitative estimate of drug-likeness (QED) is 0.771. The smallest absolute Gasteiger partial charge is 0.320 e. The SMILES string of the molecule is COc1ccc(NC(=O)NCC#N)cc1OC. The molecule has 6 nitrogen and oxygen atoms in total. The maximum atomic E-state index is 11.3. The number of hydrogen-bond donors (Lipinski definition) is 2. The number of carbonyl (C=O) groups is 1. The fraction of sp³-hybridized carbons (Fsp3) is 0.273. The zero-order chi connectivity index (χ0) is 12.7. The molecule has 0 radical (unpaired) electrons. The number of amides is 2. The molecule has 0 atom stereocenters. The van der Waals surface area contributed by atoms with Gasteiger partial charge in [0, 0.05) is 11.8 Å². The summed E-state index contributed by atoms with van der Waals surface area (Å²) in [4.78, 5) is 11.3. The molecule has 0 spiro atoms. The molecule has 1 rings (SSSR count). The van der Waals surface area contributed by atoms with Gasteiger partial charge in [-0.25, -0.2) is 4.79 Å². The van der Waals surface area contributed by atoms with E-state index in [1.807, 2.05) is 6.07 Å². The van der Waals surface area contributed by atoms with E-state index in [-0.39, 0.29) is 6.54 Å². The summed E-state index contributed by atoms with van der Waals surface area (Å²) >= 11 is 0. The number of rotatable bonds is 4. The highest BCUT2D eigenvalue weighted by molar-refractivity contribution is 5.89. The molecule has 6 heteroatoms. The van der Waals surface area contributed by atoms with Crippen molar-refractivity contribution in [2.24, 2.45) is 0 Å². The summed E-state index contributed by atoms with van der Waals surface area (Å²) in [6.07, 6.45) is 0. The van der Waals surface area contributed by atoms with Crippen molar-refractivity contribution in [3.8, 4) is 17.6 Å². The van der Waals surface area contributed by atoms with Crippen molar-refractivity contribution >= 4 is 11.7 Å². The first-order chi connectivity index (χ1) is 8.21. The maximum absolute atomic E-state index is 11.3. The van der Waals surface area contributed by atoms with Crippen LogP contribution in [0.3, 0.4) is 0 Å². The van der Waals surface area contributed by atoms with Gasteiger partial charge in [-0.2, -0.15) is 5.26 Å². The number of ether oxygens (including phenoxy) is 2. The van der Waals surface area contributed by atoms with E-state index in [1.165, 1.54) is 14.2 Å². The molecular formula is C11H13N3O3. The molecule has 17 heavy (non-hydrogen) atoms. The number of nitriles is 1. The minimum Gasteiger partial charge on any atom is -0.493 e. The molecule has 0 aliphatic rings. The predicted molar refractivity (Wildman–Crippen MR) is 62.2 cm³/mol. The van der Waals surface area contributed by atoms with Crippen molar-refractivity contribution in [3.05, 3.63) is 18.2 Å². The Balaban J connectivity index is 2.73. The molecule has 2 amide bonds. The number of hydrogen-bond acceptors (Lipinski definition) is 4. The minimum atomic E-state index is -0.446. The van der Waals surface area contributed by atoms with Crippen molar-refractivity contribution < 1.29 is 14.3 Å². The average Bonchev–Trinajstić information content (AvgIpc) is 2.36. The standard InChI is InChI=1S/C11H13N3O3/c1-16-9-4-3-8(7-10(9)17-2)14-11(15)13-6-5-12/h3-4,7H,6H2,1-2H3,(H2,13,14,15). The van der Waals surface area contributed by atoms with Crippen LogP contribution in [0.15, 0.2) is 18.2 Å². The van der Waals surface area contributed by atoms with E-state index in [0.717, 1.165) is 0 Å². The molecule has 0 bridgehead atoms. The molecule has 0 saturated carbocycles. The lowest BCUT2D eigenvalue weighted by Gasteiger charge is -2.10. The number of nitrogens with zero attached hydrogens (tertiary/aromatic N) is 1. The Bertz CT molecular complexity index is 440. The normalized spacial score (nSPS) is 9.00. The van der Waals surface area contributed by atoms with Crippen molar-refractivity contribution in [1.29, 1.82) is 5.26 Å². The van der Waals surface area contributed by atoms with Gasteiger partial charge in [-0.05, 0) is 12.1 Å². The Kier molecular flexibility index (Phi) is 4.63. The molecule has 0 aliphatic carbocycles. The lowest BCUT2D eigenvalue weighted by molar-refractivity contribution is 0.253. The first kappa shape index (κ1) is 12.6. The second kappa shape index (κ2) is 6.23. The number of methoxy groups -OCH3 is 2. The second-order valence-electron chi connectivity index (χ2n) is 3.04. The minimum absolute atomic E-state index is 0.0425. The number of carbonyl (C=O) groups excluding carboxylic acids is 1.